The topological polar surface area (TPSA) is 78.7 Å². The molecule has 0 aliphatic carbocycles. The van der Waals surface area contributed by atoms with Crippen molar-refractivity contribution in [3.05, 3.63) is 76.3 Å². The van der Waals surface area contributed by atoms with Crippen molar-refractivity contribution in [2.75, 3.05) is 7.11 Å². The summed E-state index contributed by atoms with van der Waals surface area (Å²) in [6, 6.07) is 16.7. The molecule has 0 amide bonds. The second-order valence-electron chi connectivity index (χ2n) is 5.04. The van der Waals surface area contributed by atoms with Gasteiger partial charge in [-0.15, -0.1) is 0 Å². The van der Waals surface area contributed by atoms with E-state index in [0.29, 0.717) is 11.3 Å². The number of benzene rings is 3. The standard InChI is InChI=1S/C18H13NO5/c1-23-15-8-9-17(16(11-15)19(21)22)24-18(20)14-7-6-12-4-2-3-5-13(12)10-14/h2-11H,1H3. The average molecular weight is 323 g/mol. The molecular formula is C18H13NO5. The summed E-state index contributed by atoms with van der Waals surface area (Å²) in [4.78, 5) is 22.8. The van der Waals surface area contributed by atoms with E-state index in [0.717, 1.165) is 10.8 Å². The Hall–Kier alpha value is -3.41. The SMILES string of the molecule is COc1ccc(OC(=O)c2ccc3ccccc3c2)c([N+](=O)[O-])c1. The van der Waals surface area contributed by atoms with E-state index in [9.17, 15) is 14.9 Å². The lowest BCUT2D eigenvalue weighted by Gasteiger charge is -2.07. The first-order chi connectivity index (χ1) is 11.6. The van der Waals surface area contributed by atoms with Gasteiger partial charge in [0.15, 0.2) is 0 Å². The van der Waals surface area contributed by atoms with Crippen molar-refractivity contribution in [3.8, 4) is 11.5 Å². The molecule has 6 nitrogen and oxygen atoms in total. The molecule has 3 aromatic carbocycles. The lowest BCUT2D eigenvalue weighted by molar-refractivity contribution is -0.385. The highest BCUT2D eigenvalue weighted by Crippen LogP contribution is 2.31. The Labute approximate surface area is 137 Å². The third-order valence-corrected chi connectivity index (χ3v) is 3.55. The molecule has 0 saturated carbocycles. The minimum atomic E-state index is -0.658. The Bertz CT molecular complexity index is 936. The van der Waals surface area contributed by atoms with E-state index in [-0.39, 0.29) is 11.4 Å². The lowest BCUT2D eigenvalue weighted by Crippen LogP contribution is -2.09. The van der Waals surface area contributed by atoms with E-state index in [1.165, 1.54) is 25.3 Å². The quantitative estimate of drug-likeness (QED) is 0.314. The van der Waals surface area contributed by atoms with Crippen LogP contribution in [0.4, 0.5) is 5.69 Å². The number of fused-ring (bicyclic) bond motifs is 1. The van der Waals surface area contributed by atoms with Gasteiger partial charge in [0.05, 0.1) is 23.7 Å². The first kappa shape index (κ1) is 15.5. The Balaban J connectivity index is 1.92. The summed E-state index contributed by atoms with van der Waals surface area (Å²) >= 11 is 0. The number of rotatable bonds is 4. The molecule has 0 N–H and O–H groups in total. The fourth-order valence-corrected chi connectivity index (χ4v) is 2.33. The zero-order valence-corrected chi connectivity index (χ0v) is 12.8. The highest BCUT2D eigenvalue weighted by atomic mass is 16.6. The molecule has 24 heavy (non-hydrogen) atoms. The summed E-state index contributed by atoms with van der Waals surface area (Å²) in [5.74, 6) is -0.472. The highest BCUT2D eigenvalue weighted by Gasteiger charge is 2.20. The first-order valence-corrected chi connectivity index (χ1v) is 7.12. The predicted molar refractivity (Wildman–Crippen MR) is 88.6 cm³/mol. The highest BCUT2D eigenvalue weighted by molar-refractivity contribution is 5.96. The largest absolute Gasteiger partial charge is 0.496 e. The van der Waals surface area contributed by atoms with Crippen LogP contribution in [0.15, 0.2) is 60.7 Å². The molecule has 6 heteroatoms. The van der Waals surface area contributed by atoms with E-state index in [2.05, 4.69) is 0 Å². The molecule has 0 bridgehead atoms. The number of carbonyl (C=O) groups excluding carboxylic acids is 1. The molecule has 0 aliphatic heterocycles. The van der Waals surface area contributed by atoms with E-state index < -0.39 is 10.9 Å². The first-order valence-electron chi connectivity index (χ1n) is 7.12. The number of esters is 1. The van der Waals surface area contributed by atoms with Gasteiger partial charge in [-0.25, -0.2) is 4.79 Å². The van der Waals surface area contributed by atoms with Gasteiger partial charge >= 0.3 is 11.7 Å². The van der Waals surface area contributed by atoms with Crippen molar-refractivity contribution in [1.29, 1.82) is 0 Å². The molecule has 0 radical (unpaired) electrons. The molecule has 0 spiro atoms. The Morgan fingerprint density at radius 2 is 1.75 bits per heavy atom. The summed E-state index contributed by atoms with van der Waals surface area (Å²) in [6.45, 7) is 0. The van der Waals surface area contributed by atoms with Crippen LogP contribution < -0.4 is 9.47 Å². The lowest BCUT2D eigenvalue weighted by atomic mass is 10.1. The fourth-order valence-electron chi connectivity index (χ4n) is 2.33. The number of hydrogen-bond donors (Lipinski definition) is 0. The van der Waals surface area contributed by atoms with Crippen molar-refractivity contribution in [2.45, 2.75) is 0 Å². The number of methoxy groups -OCH3 is 1. The van der Waals surface area contributed by atoms with Crippen LogP contribution in [0, 0.1) is 10.1 Å². The van der Waals surface area contributed by atoms with Gasteiger partial charge in [0.1, 0.15) is 5.75 Å². The molecule has 0 unspecified atom stereocenters. The van der Waals surface area contributed by atoms with Crippen molar-refractivity contribution in [2.24, 2.45) is 0 Å². The number of hydrogen-bond acceptors (Lipinski definition) is 5. The molecule has 0 atom stereocenters. The molecule has 0 saturated heterocycles. The molecule has 0 aromatic heterocycles. The zero-order chi connectivity index (χ0) is 17.1. The minimum absolute atomic E-state index is 0.126. The number of nitro groups is 1. The number of carbonyl (C=O) groups is 1. The monoisotopic (exact) mass is 323 g/mol. The van der Waals surface area contributed by atoms with Gasteiger partial charge in [0.2, 0.25) is 5.75 Å². The van der Waals surface area contributed by atoms with Crippen LogP contribution in [0.25, 0.3) is 10.8 Å². The summed E-state index contributed by atoms with van der Waals surface area (Å²) in [6.07, 6.45) is 0. The van der Waals surface area contributed by atoms with Crippen LogP contribution in [0.1, 0.15) is 10.4 Å². The Morgan fingerprint density at radius 3 is 2.46 bits per heavy atom. The molecule has 3 rings (SSSR count). The smallest absolute Gasteiger partial charge is 0.343 e. The second-order valence-corrected chi connectivity index (χ2v) is 5.04. The van der Waals surface area contributed by atoms with Crippen molar-refractivity contribution >= 4 is 22.4 Å². The van der Waals surface area contributed by atoms with Crippen molar-refractivity contribution in [3.63, 3.8) is 0 Å². The maximum Gasteiger partial charge on any atom is 0.343 e. The predicted octanol–water partition coefficient (Wildman–Crippen LogP) is 3.98. The fraction of sp³-hybridized carbons (Fsp3) is 0.0556. The van der Waals surface area contributed by atoms with Gasteiger partial charge in [-0.2, -0.15) is 0 Å². The van der Waals surface area contributed by atoms with Crippen LogP contribution in [0.5, 0.6) is 11.5 Å². The average Bonchev–Trinajstić information content (AvgIpc) is 2.61. The summed E-state index contributed by atoms with van der Waals surface area (Å²) in [7, 11) is 1.40. The summed E-state index contributed by atoms with van der Waals surface area (Å²) < 4.78 is 10.2. The van der Waals surface area contributed by atoms with Crippen molar-refractivity contribution < 1.29 is 19.2 Å². The van der Waals surface area contributed by atoms with E-state index in [1.807, 2.05) is 24.3 Å². The van der Waals surface area contributed by atoms with Crippen LogP contribution in [0.2, 0.25) is 0 Å². The van der Waals surface area contributed by atoms with Crippen LogP contribution in [0.3, 0.4) is 0 Å². The van der Waals surface area contributed by atoms with Crippen molar-refractivity contribution in [1.82, 2.24) is 0 Å². The molecular weight excluding hydrogens is 310 g/mol. The number of nitro benzene ring substituents is 1. The van der Waals surface area contributed by atoms with Crippen LogP contribution in [-0.2, 0) is 0 Å². The van der Waals surface area contributed by atoms with E-state index in [1.54, 1.807) is 18.2 Å². The maximum absolute atomic E-state index is 12.3. The third kappa shape index (κ3) is 3.03. The van der Waals surface area contributed by atoms with Crippen LogP contribution >= 0.6 is 0 Å². The minimum Gasteiger partial charge on any atom is -0.496 e. The van der Waals surface area contributed by atoms with E-state index >= 15 is 0 Å². The van der Waals surface area contributed by atoms with Gasteiger partial charge in [0, 0.05) is 0 Å². The summed E-state index contributed by atoms with van der Waals surface area (Å²) in [5.41, 5.74) is -0.0118. The van der Waals surface area contributed by atoms with Crippen LogP contribution in [-0.4, -0.2) is 18.0 Å². The molecule has 0 fully saturated rings. The normalized spacial score (nSPS) is 10.4. The molecule has 3 aromatic rings. The molecule has 120 valence electrons. The van der Waals surface area contributed by atoms with Gasteiger partial charge in [-0.1, -0.05) is 30.3 Å². The van der Waals surface area contributed by atoms with Gasteiger partial charge in [-0.3, -0.25) is 10.1 Å². The Morgan fingerprint density at radius 1 is 1.00 bits per heavy atom. The van der Waals surface area contributed by atoms with E-state index in [4.69, 9.17) is 9.47 Å². The Kier molecular flexibility index (Phi) is 4.11. The van der Waals surface area contributed by atoms with Gasteiger partial charge < -0.3 is 9.47 Å². The number of ether oxygens (including phenoxy) is 2. The number of nitrogens with zero attached hydrogens (tertiary/aromatic N) is 1. The zero-order valence-electron chi connectivity index (χ0n) is 12.8. The van der Waals surface area contributed by atoms with Gasteiger partial charge in [0.25, 0.3) is 0 Å². The maximum atomic E-state index is 12.3. The van der Waals surface area contributed by atoms with Gasteiger partial charge in [-0.05, 0) is 35.0 Å². The second kappa shape index (κ2) is 6.37. The third-order valence-electron chi connectivity index (χ3n) is 3.55. The summed E-state index contributed by atoms with van der Waals surface area (Å²) in [5, 5.41) is 13.0. The molecule has 0 heterocycles. The molecule has 0 aliphatic rings.